The van der Waals surface area contributed by atoms with E-state index in [1.54, 1.807) is 0 Å². The Morgan fingerprint density at radius 1 is 1.58 bits per heavy atom. The van der Waals surface area contributed by atoms with Gasteiger partial charge in [-0.05, 0) is 18.6 Å². The molecular formula is C7H16N3OS+. The van der Waals surface area contributed by atoms with E-state index in [4.69, 9.17) is 17.3 Å². The molecular weight excluding hydrogens is 174 g/mol. The first-order chi connectivity index (χ1) is 5.77. The Kier molecular flexibility index (Phi) is 3.71. The lowest BCUT2D eigenvalue weighted by Crippen LogP contribution is -3.20. The number of rotatable bonds is 3. The lowest BCUT2D eigenvalue weighted by molar-refractivity contribution is -0.932. The second-order valence-corrected chi connectivity index (χ2v) is 3.39. The summed E-state index contributed by atoms with van der Waals surface area (Å²) in [7, 11) is 0. The van der Waals surface area contributed by atoms with Crippen molar-refractivity contribution in [2.75, 3.05) is 19.9 Å². The highest BCUT2D eigenvalue weighted by Crippen LogP contribution is 1.83. The fraction of sp³-hybridized carbons (Fsp3) is 0.857. The van der Waals surface area contributed by atoms with Gasteiger partial charge in [-0.2, -0.15) is 0 Å². The van der Waals surface area contributed by atoms with Crippen LogP contribution in [0.25, 0.3) is 0 Å². The number of aliphatic hydroxyl groups is 1. The van der Waals surface area contributed by atoms with Gasteiger partial charge in [0.1, 0.15) is 6.04 Å². The average molecular weight is 190 g/mol. The lowest BCUT2D eigenvalue weighted by atomic mass is 10.2. The maximum absolute atomic E-state index is 9.03. The van der Waals surface area contributed by atoms with Gasteiger partial charge in [0.15, 0.2) is 18.4 Å². The van der Waals surface area contributed by atoms with Crippen molar-refractivity contribution in [2.45, 2.75) is 19.4 Å². The Balaban J connectivity index is 2.37. The smallest absolute Gasteiger partial charge is 0.174 e. The van der Waals surface area contributed by atoms with E-state index in [2.05, 4.69) is 17.6 Å². The first-order valence-corrected chi connectivity index (χ1v) is 4.66. The zero-order chi connectivity index (χ0) is 8.97. The van der Waals surface area contributed by atoms with Crippen LogP contribution in [0.15, 0.2) is 0 Å². The van der Waals surface area contributed by atoms with E-state index in [-0.39, 0.29) is 6.61 Å². The highest BCUT2D eigenvalue weighted by atomic mass is 32.1. The van der Waals surface area contributed by atoms with Crippen LogP contribution in [-0.2, 0) is 0 Å². The summed E-state index contributed by atoms with van der Waals surface area (Å²) in [5.41, 5.74) is 0. The summed E-state index contributed by atoms with van der Waals surface area (Å²) in [5.74, 6) is 0. The Morgan fingerprint density at radius 3 is 2.58 bits per heavy atom. The van der Waals surface area contributed by atoms with Crippen LogP contribution in [0.4, 0.5) is 0 Å². The van der Waals surface area contributed by atoms with Gasteiger partial charge in [0, 0.05) is 0 Å². The average Bonchev–Trinajstić information content (AvgIpc) is 2.10. The van der Waals surface area contributed by atoms with Crippen molar-refractivity contribution < 1.29 is 10.0 Å². The maximum atomic E-state index is 9.03. The zero-order valence-corrected chi connectivity index (χ0v) is 8.08. The van der Waals surface area contributed by atoms with E-state index in [1.807, 2.05) is 0 Å². The fourth-order valence-corrected chi connectivity index (χ4v) is 1.49. The third-order valence-electron chi connectivity index (χ3n) is 2.24. The largest absolute Gasteiger partial charge is 0.390 e. The summed E-state index contributed by atoms with van der Waals surface area (Å²) in [5, 5.41) is 15.9. The molecule has 4 nitrogen and oxygen atoms in total. The van der Waals surface area contributed by atoms with Gasteiger partial charge < -0.3 is 15.7 Å². The van der Waals surface area contributed by atoms with Crippen LogP contribution in [0.1, 0.15) is 13.3 Å². The highest BCUT2D eigenvalue weighted by molar-refractivity contribution is 7.80. The molecule has 4 N–H and O–H groups in total. The van der Waals surface area contributed by atoms with E-state index in [1.165, 1.54) is 4.90 Å². The van der Waals surface area contributed by atoms with Gasteiger partial charge in [0.05, 0.1) is 6.61 Å². The van der Waals surface area contributed by atoms with Crippen LogP contribution in [0.5, 0.6) is 0 Å². The van der Waals surface area contributed by atoms with Crippen LogP contribution in [0, 0.1) is 0 Å². The standard InChI is InChI=1S/C7H15N3OS/c1-2-6(3-11)10-4-8-7(12)9-5-10/h6,11H,2-5H2,1H3,(H2,8,9,12)/p+1/t6-/m0/s1. The third kappa shape index (κ3) is 2.30. The van der Waals surface area contributed by atoms with Crippen molar-refractivity contribution in [1.29, 1.82) is 0 Å². The molecule has 1 aliphatic heterocycles. The van der Waals surface area contributed by atoms with Crippen molar-refractivity contribution >= 4 is 17.3 Å². The molecule has 0 unspecified atom stereocenters. The van der Waals surface area contributed by atoms with Gasteiger partial charge in [-0.25, -0.2) is 0 Å². The van der Waals surface area contributed by atoms with Crippen LogP contribution in [-0.4, -0.2) is 36.2 Å². The van der Waals surface area contributed by atoms with Gasteiger partial charge in [0.2, 0.25) is 0 Å². The number of nitrogens with one attached hydrogen (secondary N) is 3. The third-order valence-corrected chi connectivity index (χ3v) is 2.53. The molecule has 1 heterocycles. The summed E-state index contributed by atoms with van der Waals surface area (Å²) in [6, 6.07) is 0.313. The summed E-state index contributed by atoms with van der Waals surface area (Å²) >= 11 is 4.92. The van der Waals surface area contributed by atoms with Crippen LogP contribution < -0.4 is 15.5 Å². The molecule has 12 heavy (non-hydrogen) atoms. The summed E-state index contributed by atoms with van der Waals surface area (Å²) < 4.78 is 0. The highest BCUT2D eigenvalue weighted by Gasteiger charge is 2.22. The van der Waals surface area contributed by atoms with E-state index in [0.29, 0.717) is 11.2 Å². The zero-order valence-electron chi connectivity index (χ0n) is 7.26. The Hall–Kier alpha value is -0.390. The minimum absolute atomic E-state index is 0.238. The first-order valence-electron chi connectivity index (χ1n) is 4.25. The first kappa shape index (κ1) is 9.70. The van der Waals surface area contributed by atoms with E-state index in [0.717, 1.165) is 19.8 Å². The molecule has 5 heteroatoms. The molecule has 1 fully saturated rings. The normalized spacial score (nSPS) is 21.3. The molecule has 0 aromatic heterocycles. The maximum Gasteiger partial charge on any atom is 0.174 e. The monoisotopic (exact) mass is 190 g/mol. The molecule has 0 aromatic rings. The predicted molar refractivity (Wildman–Crippen MR) is 50.7 cm³/mol. The van der Waals surface area contributed by atoms with E-state index in [9.17, 15) is 0 Å². The number of hydrogen-bond donors (Lipinski definition) is 4. The minimum Gasteiger partial charge on any atom is -0.390 e. The second-order valence-electron chi connectivity index (χ2n) is 2.98. The Morgan fingerprint density at radius 2 is 2.17 bits per heavy atom. The number of thiocarbonyl (C=S) groups is 1. The molecule has 0 aliphatic carbocycles. The van der Waals surface area contributed by atoms with Gasteiger partial charge in [-0.3, -0.25) is 4.90 Å². The van der Waals surface area contributed by atoms with E-state index >= 15 is 0 Å². The molecule has 0 spiro atoms. The molecule has 0 amide bonds. The minimum atomic E-state index is 0.238. The van der Waals surface area contributed by atoms with E-state index < -0.39 is 0 Å². The van der Waals surface area contributed by atoms with Crippen molar-refractivity contribution in [2.24, 2.45) is 0 Å². The Bertz CT molecular complexity index is 151. The lowest BCUT2D eigenvalue weighted by Gasteiger charge is -2.31. The molecule has 1 atom stereocenters. The summed E-state index contributed by atoms with van der Waals surface area (Å²) in [6.07, 6.45) is 0.988. The van der Waals surface area contributed by atoms with Crippen LogP contribution in [0.2, 0.25) is 0 Å². The SMILES string of the molecule is CC[C@@H](CO)[NH+]1CNC(=S)NC1. The van der Waals surface area contributed by atoms with Crippen LogP contribution >= 0.6 is 12.2 Å². The quantitative estimate of drug-likeness (QED) is 0.390. The predicted octanol–water partition coefficient (Wildman–Crippen LogP) is -1.97. The van der Waals surface area contributed by atoms with Gasteiger partial charge >= 0.3 is 0 Å². The van der Waals surface area contributed by atoms with Crippen molar-refractivity contribution in [3.63, 3.8) is 0 Å². The number of quaternary nitrogens is 1. The van der Waals surface area contributed by atoms with Crippen LogP contribution in [0.3, 0.4) is 0 Å². The second kappa shape index (κ2) is 4.59. The molecule has 1 saturated heterocycles. The number of aliphatic hydroxyl groups excluding tert-OH is 1. The Labute approximate surface area is 77.9 Å². The molecule has 1 rings (SSSR count). The molecule has 0 radical (unpaired) electrons. The van der Waals surface area contributed by atoms with Crippen molar-refractivity contribution in [1.82, 2.24) is 10.6 Å². The van der Waals surface area contributed by atoms with Gasteiger partial charge in [-0.15, -0.1) is 0 Å². The summed E-state index contributed by atoms with van der Waals surface area (Å²) in [6.45, 7) is 3.94. The topological polar surface area (TPSA) is 48.7 Å². The number of hydrogen-bond acceptors (Lipinski definition) is 2. The van der Waals surface area contributed by atoms with Gasteiger partial charge in [-0.1, -0.05) is 6.92 Å². The molecule has 0 bridgehead atoms. The fourth-order valence-electron chi connectivity index (χ4n) is 1.35. The molecule has 0 aromatic carbocycles. The van der Waals surface area contributed by atoms with Crippen molar-refractivity contribution in [3.05, 3.63) is 0 Å². The van der Waals surface area contributed by atoms with Gasteiger partial charge in [0.25, 0.3) is 0 Å². The molecule has 0 saturated carbocycles. The molecule has 1 aliphatic rings. The van der Waals surface area contributed by atoms with Crippen molar-refractivity contribution in [3.8, 4) is 0 Å². The summed E-state index contributed by atoms with van der Waals surface area (Å²) in [4.78, 5) is 1.31. The molecule has 70 valence electrons.